The average molecular weight is 347 g/mol. The Balaban J connectivity index is 1.62. The standard InChI is InChI=1S/C20H18FN5/c21-17-6-4-14(5-7-17)12-23-19-8-9-20-24-13-18(26(20)25-19)16-3-1-2-15(10-16)11-22/h1-10,13H,11-12,22H2,(H,23,25). The molecular weight excluding hydrogens is 329 g/mol. The van der Waals surface area contributed by atoms with E-state index >= 15 is 0 Å². The Morgan fingerprint density at radius 1 is 1.00 bits per heavy atom. The van der Waals surface area contributed by atoms with E-state index in [1.54, 1.807) is 12.1 Å². The molecule has 3 N–H and O–H groups in total. The Morgan fingerprint density at radius 2 is 1.85 bits per heavy atom. The van der Waals surface area contributed by atoms with Gasteiger partial charge in [0, 0.05) is 18.7 Å². The lowest BCUT2D eigenvalue weighted by Crippen LogP contribution is -2.05. The predicted molar refractivity (Wildman–Crippen MR) is 100 cm³/mol. The van der Waals surface area contributed by atoms with Crippen molar-refractivity contribution in [3.63, 3.8) is 0 Å². The van der Waals surface area contributed by atoms with Crippen LogP contribution in [-0.4, -0.2) is 14.6 Å². The molecule has 4 rings (SSSR count). The number of imidazole rings is 1. The van der Waals surface area contributed by atoms with Crippen LogP contribution in [0.4, 0.5) is 10.2 Å². The van der Waals surface area contributed by atoms with Crippen molar-refractivity contribution in [1.82, 2.24) is 14.6 Å². The fourth-order valence-corrected chi connectivity index (χ4v) is 2.82. The highest BCUT2D eigenvalue weighted by Gasteiger charge is 2.08. The predicted octanol–water partition coefficient (Wildman–Crippen LogP) is 3.61. The lowest BCUT2D eigenvalue weighted by molar-refractivity contribution is 0.627. The zero-order valence-electron chi connectivity index (χ0n) is 14.1. The number of nitrogens with zero attached hydrogens (tertiary/aromatic N) is 3. The van der Waals surface area contributed by atoms with Crippen LogP contribution >= 0.6 is 0 Å². The average Bonchev–Trinajstić information content (AvgIpc) is 3.11. The molecule has 0 aliphatic heterocycles. The van der Waals surface area contributed by atoms with Crippen LogP contribution in [0.5, 0.6) is 0 Å². The maximum absolute atomic E-state index is 13.0. The molecule has 2 aromatic heterocycles. The molecule has 0 radical (unpaired) electrons. The van der Waals surface area contributed by atoms with E-state index in [-0.39, 0.29) is 5.82 Å². The Labute approximate surface area is 150 Å². The van der Waals surface area contributed by atoms with Crippen LogP contribution in [0.3, 0.4) is 0 Å². The number of rotatable bonds is 5. The molecule has 5 nitrogen and oxygen atoms in total. The van der Waals surface area contributed by atoms with E-state index < -0.39 is 0 Å². The number of hydrogen-bond donors (Lipinski definition) is 2. The minimum atomic E-state index is -0.240. The molecule has 0 aliphatic rings. The fraction of sp³-hybridized carbons (Fsp3) is 0.100. The first-order valence-corrected chi connectivity index (χ1v) is 8.35. The van der Waals surface area contributed by atoms with Gasteiger partial charge in [-0.3, -0.25) is 0 Å². The maximum Gasteiger partial charge on any atom is 0.154 e. The van der Waals surface area contributed by atoms with Gasteiger partial charge in [0.2, 0.25) is 0 Å². The van der Waals surface area contributed by atoms with Crippen LogP contribution < -0.4 is 11.1 Å². The molecule has 0 unspecified atom stereocenters. The van der Waals surface area contributed by atoms with E-state index in [0.29, 0.717) is 13.1 Å². The summed E-state index contributed by atoms with van der Waals surface area (Å²) in [5, 5.41) is 7.90. The van der Waals surface area contributed by atoms with Crippen molar-refractivity contribution in [1.29, 1.82) is 0 Å². The maximum atomic E-state index is 13.0. The summed E-state index contributed by atoms with van der Waals surface area (Å²) in [6.45, 7) is 1.05. The van der Waals surface area contributed by atoms with E-state index in [1.807, 2.05) is 47.1 Å². The van der Waals surface area contributed by atoms with Crippen LogP contribution in [0.15, 0.2) is 66.9 Å². The van der Waals surface area contributed by atoms with Crippen LogP contribution in [0.25, 0.3) is 16.9 Å². The second kappa shape index (κ2) is 6.93. The number of anilines is 1. The van der Waals surface area contributed by atoms with Crippen molar-refractivity contribution in [2.45, 2.75) is 13.1 Å². The van der Waals surface area contributed by atoms with E-state index in [0.717, 1.165) is 33.8 Å². The zero-order chi connectivity index (χ0) is 17.9. The van der Waals surface area contributed by atoms with Crippen LogP contribution in [0, 0.1) is 5.82 Å². The van der Waals surface area contributed by atoms with Crippen molar-refractivity contribution >= 4 is 11.5 Å². The van der Waals surface area contributed by atoms with Gasteiger partial charge < -0.3 is 11.1 Å². The summed E-state index contributed by atoms with van der Waals surface area (Å²) in [5.74, 6) is 0.479. The first-order valence-electron chi connectivity index (χ1n) is 8.35. The van der Waals surface area contributed by atoms with Crippen LogP contribution in [0.2, 0.25) is 0 Å². The second-order valence-corrected chi connectivity index (χ2v) is 6.02. The molecule has 0 fully saturated rings. The molecule has 26 heavy (non-hydrogen) atoms. The molecule has 0 spiro atoms. The van der Waals surface area contributed by atoms with Crippen molar-refractivity contribution < 1.29 is 4.39 Å². The van der Waals surface area contributed by atoms with Gasteiger partial charge in [-0.2, -0.15) is 0 Å². The number of halogens is 1. The Hall–Kier alpha value is -3.25. The fourth-order valence-electron chi connectivity index (χ4n) is 2.82. The molecule has 0 atom stereocenters. The van der Waals surface area contributed by atoms with E-state index in [2.05, 4.69) is 15.4 Å². The lowest BCUT2D eigenvalue weighted by atomic mass is 10.1. The number of fused-ring (bicyclic) bond motifs is 1. The van der Waals surface area contributed by atoms with Gasteiger partial charge in [0.25, 0.3) is 0 Å². The first kappa shape index (κ1) is 16.2. The van der Waals surface area contributed by atoms with Gasteiger partial charge in [-0.05, 0) is 41.5 Å². The van der Waals surface area contributed by atoms with Gasteiger partial charge in [-0.25, -0.2) is 13.9 Å². The van der Waals surface area contributed by atoms with Gasteiger partial charge in [0.1, 0.15) is 11.6 Å². The summed E-state index contributed by atoms with van der Waals surface area (Å²) in [7, 11) is 0. The normalized spacial score (nSPS) is 11.0. The minimum Gasteiger partial charge on any atom is -0.365 e. The van der Waals surface area contributed by atoms with Crippen molar-refractivity contribution in [2.24, 2.45) is 5.73 Å². The van der Waals surface area contributed by atoms with Gasteiger partial charge >= 0.3 is 0 Å². The summed E-state index contributed by atoms with van der Waals surface area (Å²) in [5.41, 5.74) is 10.5. The van der Waals surface area contributed by atoms with Crippen molar-refractivity contribution in [2.75, 3.05) is 5.32 Å². The quantitative estimate of drug-likeness (QED) is 0.579. The highest BCUT2D eigenvalue weighted by molar-refractivity contribution is 5.64. The third-order valence-corrected chi connectivity index (χ3v) is 4.21. The molecule has 0 bridgehead atoms. The SMILES string of the molecule is NCc1cccc(-c2cnc3ccc(NCc4ccc(F)cc4)nn23)c1. The van der Waals surface area contributed by atoms with Crippen LogP contribution in [-0.2, 0) is 13.1 Å². The lowest BCUT2D eigenvalue weighted by Gasteiger charge is -2.08. The summed E-state index contributed by atoms with van der Waals surface area (Å²) in [6.07, 6.45) is 1.81. The minimum absolute atomic E-state index is 0.240. The monoisotopic (exact) mass is 347 g/mol. The highest BCUT2D eigenvalue weighted by Crippen LogP contribution is 2.22. The van der Waals surface area contributed by atoms with E-state index in [1.165, 1.54) is 12.1 Å². The number of benzene rings is 2. The number of aromatic nitrogens is 3. The zero-order valence-corrected chi connectivity index (χ0v) is 14.1. The Morgan fingerprint density at radius 3 is 2.65 bits per heavy atom. The summed E-state index contributed by atoms with van der Waals surface area (Å²) in [6, 6.07) is 18.2. The first-order chi connectivity index (χ1) is 12.7. The van der Waals surface area contributed by atoms with Crippen LogP contribution in [0.1, 0.15) is 11.1 Å². The summed E-state index contributed by atoms with van der Waals surface area (Å²) < 4.78 is 14.8. The molecule has 0 aliphatic carbocycles. The Kier molecular flexibility index (Phi) is 4.33. The van der Waals surface area contributed by atoms with Gasteiger partial charge in [0.05, 0.1) is 11.9 Å². The Bertz CT molecular complexity index is 1040. The summed E-state index contributed by atoms with van der Waals surface area (Å²) >= 11 is 0. The molecule has 0 amide bonds. The highest BCUT2D eigenvalue weighted by atomic mass is 19.1. The molecule has 2 aromatic carbocycles. The van der Waals surface area contributed by atoms with Gasteiger partial charge in [0.15, 0.2) is 5.65 Å². The molecule has 0 saturated heterocycles. The smallest absolute Gasteiger partial charge is 0.154 e. The molecular formula is C20H18FN5. The molecule has 4 aromatic rings. The molecule has 0 saturated carbocycles. The third-order valence-electron chi connectivity index (χ3n) is 4.21. The molecule has 2 heterocycles. The number of nitrogens with two attached hydrogens (primary N) is 1. The second-order valence-electron chi connectivity index (χ2n) is 6.02. The molecule has 6 heteroatoms. The molecule has 130 valence electrons. The van der Waals surface area contributed by atoms with Crippen molar-refractivity contribution in [3.8, 4) is 11.3 Å². The van der Waals surface area contributed by atoms with Crippen molar-refractivity contribution in [3.05, 3.63) is 83.8 Å². The number of hydrogen-bond acceptors (Lipinski definition) is 4. The van der Waals surface area contributed by atoms with Gasteiger partial charge in [-0.1, -0.05) is 30.3 Å². The number of nitrogens with one attached hydrogen (secondary N) is 1. The van der Waals surface area contributed by atoms with Gasteiger partial charge in [-0.15, -0.1) is 5.10 Å². The van der Waals surface area contributed by atoms with E-state index in [4.69, 9.17) is 5.73 Å². The topological polar surface area (TPSA) is 68.2 Å². The largest absolute Gasteiger partial charge is 0.365 e. The van der Waals surface area contributed by atoms with E-state index in [9.17, 15) is 4.39 Å². The summed E-state index contributed by atoms with van der Waals surface area (Å²) in [4.78, 5) is 4.42. The third kappa shape index (κ3) is 3.27.